The van der Waals surface area contributed by atoms with Gasteiger partial charge in [0, 0.05) is 17.6 Å². The lowest BCUT2D eigenvalue weighted by Gasteiger charge is -2.20. The molecule has 1 unspecified atom stereocenters. The summed E-state index contributed by atoms with van der Waals surface area (Å²) in [5, 5.41) is 6.25. The van der Waals surface area contributed by atoms with E-state index in [2.05, 4.69) is 105 Å². The average Bonchev–Trinajstić information content (AvgIpc) is 3.36. The highest BCUT2D eigenvalue weighted by Gasteiger charge is 2.23. The van der Waals surface area contributed by atoms with Gasteiger partial charge in [0.15, 0.2) is 5.65 Å². The number of hydrogen-bond acceptors (Lipinski definition) is 2. The Kier molecular flexibility index (Phi) is 7.05. The maximum Gasteiger partial charge on any atom is 0.165 e. The summed E-state index contributed by atoms with van der Waals surface area (Å²) in [6.07, 6.45) is 5.49. The topological polar surface area (TPSA) is 35.1 Å². The Balaban J connectivity index is 0.00000289. The minimum atomic E-state index is 0. The molecule has 0 N–H and O–H groups in total. The van der Waals surface area contributed by atoms with Crippen LogP contribution in [0.4, 0.5) is 0 Å². The molecule has 5 aromatic rings. The van der Waals surface area contributed by atoms with Gasteiger partial charge in [-0.15, -0.1) is 12.4 Å². The summed E-state index contributed by atoms with van der Waals surface area (Å²) in [6, 6.07) is 17.9. The second kappa shape index (κ2) is 9.87. The molecule has 0 aliphatic heterocycles. The Morgan fingerprint density at radius 2 is 1.54 bits per heavy atom. The highest BCUT2D eigenvalue weighted by molar-refractivity contribution is 5.89. The predicted molar refractivity (Wildman–Crippen MR) is 149 cm³/mol. The van der Waals surface area contributed by atoms with Gasteiger partial charge >= 0.3 is 0 Å². The standard InChI is InChI=1S/C30H34N4.ClH/c1-7-11-25(18-24-12-9-8-10-13-24)33-15-14-26-22(5)31-29-28(23(6)32-34(29)30(26)33)27-20(3)16-19(2)17-21(27)4;/h8-10,12-17,25H,7,11,18H2,1-6H3;1H. The zero-order valence-electron chi connectivity index (χ0n) is 21.6. The molecule has 5 heteroatoms. The maximum absolute atomic E-state index is 5.10. The van der Waals surface area contributed by atoms with Crippen molar-refractivity contribution in [3.63, 3.8) is 0 Å². The third-order valence-electron chi connectivity index (χ3n) is 7.04. The van der Waals surface area contributed by atoms with Gasteiger partial charge in [0.25, 0.3) is 0 Å². The third kappa shape index (κ3) is 4.36. The second-order valence-corrected chi connectivity index (χ2v) is 9.76. The molecule has 0 fully saturated rings. The number of nitrogens with zero attached hydrogens (tertiary/aromatic N) is 4. The van der Waals surface area contributed by atoms with E-state index in [4.69, 9.17) is 10.1 Å². The summed E-state index contributed by atoms with van der Waals surface area (Å²) in [5.74, 6) is 0. The van der Waals surface area contributed by atoms with E-state index in [0.717, 1.165) is 47.5 Å². The van der Waals surface area contributed by atoms with Crippen LogP contribution in [0.3, 0.4) is 0 Å². The minimum Gasteiger partial charge on any atom is -0.329 e. The van der Waals surface area contributed by atoms with Gasteiger partial charge in [-0.1, -0.05) is 61.4 Å². The minimum absolute atomic E-state index is 0. The van der Waals surface area contributed by atoms with Crippen LogP contribution in [0.25, 0.3) is 27.8 Å². The van der Waals surface area contributed by atoms with Crippen LogP contribution < -0.4 is 0 Å². The van der Waals surface area contributed by atoms with Crippen molar-refractivity contribution in [1.82, 2.24) is 19.2 Å². The van der Waals surface area contributed by atoms with Crippen LogP contribution in [0.15, 0.2) is 54.7 Å². The van der Waals surface area contributed by atoms with Crippen LogP contribution in [0.1, 0.15) is 59.4 Å². The first-order chi connectivity index (χ1) is 16.4. The third-order valence-corrected chi connectivity index (χ3v) is 7.04. The Labute approximate surface area is 214 Å². The monoisotopic (exact) mass is 486 g/mol. The molecule has 0 saturated carbocycles. The van der Waals surface area contributed by atoms with Crippen LogP contribution in [0.2, 0.25) is 0 Å². The van der Waals surface area contributed by atoms with Gasteiger partial charge in [-0.25, -0.2) is 4.98 Å². The van der Waals surface area contributed by atoms with E-state index in [1.807, 2.05) is 0 Å². The van der Waals surface area contributed by atoms with Gasteiger partial charge in [0.2, 0.25) is 0 Å². The number of benzene rings is 2. The van der Waals surface area contributed by atoms with Crippen molar-refractivity contribution >= 4 is 29.1 Å². The van der Waals surface area contributed by atoms with E-state index in [-0.39, 0.29) is 12.4 Å². The second-order valence-electron chi connectivity index (χ2n) is 9.76. The average molecular weight is 487 g/mol. The van der Waals surface area contributed by atoms with Crippen molar-refractivity contribution in [2.24, 2.45) is 0 Å². The lowest BCUT2D eigenvalue weighted by atomic mass is 9.94. The van der Waals surface area contributed by atoms with Crippen LogP contribution in [0, 0.1) is 34.6 Å². The highest BCUT2D eigenvalue weighted by atomic mass is 35.5. The van der Waals surface area contributed by atoms with E-state index in [9.17, 15) is 0 Å². The van der Waals surface area contributed by atoms with Gasteiger partial charge in [0.1, 0.15) is 5.65 Å². The van der Waals surface area contributed by atoms with Crippen LogP contribution >= 0.6 is 12.4 Å². The Hall–Kier alpha value is -3.11. The highest BCUT2D eigenvalue weighted by Crippen LogP contribution is 2.36. The molecular formula is C30H35ClN4. The van der Waals surface area contributed by atoms with Crippen molar-refractivity contribution < 1.29 is 0 Å². The van der Waals surface area contributed by atoms with Gasteiger partial charge in [0.05, 0.1) is 17.0 Å². The first-order valence-electron chi connectivity index (χ1n) is 12.4. The lowest BCUT2D eigenvalue weighted by molar-refractivity contribution is 0.466. The smallest absolute Gasteiger partial charge is 0.165 e. The molecule has 5 rings (SSSR count). The molecule has 0 radical (unpaired) electrons. The molecule has 0 aliphatic rings. The van der Waals surface area contributed by atoms with E-state index >= 15 is 0 Å². The fraction of sp³-hybridized carbons (Fsp3) is 0.333. The zero-order chi connectivity index (χ0) is 24.0. The van der Waals surface area contributed by atoms with E-state index in [0.29, 0.717) is 6.04 Å². The molecule has 0 spiro atoms. The Bertz CT molecular complexity index is 1470. The number of hydrogen-bond donors (Lipinski definition) is 0. The van der Waals surface area contributed by atoms with Crippen molar-refractivity contribution in [1.29, 1.82) is 0 Å². The molecule has 35 heavy (non-hydrogen) atoms. The molecule has 0 bridgehead atoms. The number of rotatable bonds is 6. The number of aromatic nitrogens is 4. The molecule has 182 valence electrons. The van der Waals surface area contributed by atoms with Gasteiger partial charge in [-0.2, -0.15) is 9.61 Å². The van der Waals surface area contributed by atoms with Crippen molar-refractivity contribution in [3.05, 3.63) is 88.4 Å². The molecule has 3 heterocycles. The van der Waals surface area contributed by atoms with Gasteiger partial charge in [-0.3, -0.25) is 0 Å². The molecule has 3 aromatic heterocycles. The summed E-state index contributed by atoms with van der Waals surface area (Å²) in [4.78, 5) is 5.10. The van der Waals surface area contributed by atoms with Crippen LogP contribution in [-0.2, 0) is 6.42 Å². The normalized spacial score (nSPS) is 12.3. The van der Waals surface area contributed by atoms with Crippen LogP contribution in [0.5, 0.6) is 0 Å². The van der Waals surface area contributed by atoms with Crippen molar-refractivity contribution in [2.45, 2.75) is 66.8 Å². The van der Waals surface area contributed by atoms with E-state index in [1.165, 1.54) is 33.2 Å². The van der Waals surface area contributed by atoms with Gasteiger partial charge < -0.3 is 4.57 Å². The summed E-state index contributed by atoms with van der Waals surface area (Å²) >= 11 is 0. The zero-order valence-corrected chi connectivity index (χ0v) is 22.4. The lowest BCUT2D eigenvalue weighted by Crippen LogP contribution is -2.13. The Morgan fingerprint density at radius 1 is 0.857 bits per heavy atom. The fourth-order valence-electron chi connectivity index (χ4n) is 5.65. The number of aryl methyl sites for hydroxylation is 5. The first-order valence-corrected chi connectivity index (χ1v) is 12.4. The molecular weight excluding hydrogens is 452 g/mol. The fourth-order valence-corrected chi connectivity index (χ4v) is 5.65. The van der Waals surface area contributed by atoms with E-state index < -0.39 is 0 Å². The SMILES string of the molecule is CCCC(Cc1ccccc1)n1ccc2c(C)nc3c(-c4c(C)cc(C)cc4C)c(C)nn3c21.Cl. The maximum atomic E-state index is 5.10. The molecule has 0 aliphatic carbocycles. The number of halogens is 1. The molecule has 2 aromatic carbocycles. The number of fused-ring (bicyclic) bond motifs is 3. The molecule has 0 saturated heterocycles. The van der Waals surface area contributed by atoms with Crippen molar-refractivity contribution in [3.8, 4) is 11.1 Å². The summed E-state index contributed by atoms with van der Waals surface area (Å²) < 4.78 is 4.54. The molecule has 4 nitrogen and oxygen atoms in total. The quantitative estimate of drug-likeness (QED) is 0.244. The Morgan fingerprint density at radius 3 is 2.20 bits per heavy atom. The summed E-state index contributed by atoms with van der Waals surface area (Å²) in [7, 11) is 0. The summed E-state index contributed by atoms with van der Waals surface area (Å²) in [6.45, 7) is 13.1. The van der Waals surface area contributed by atoms with E-state index in [1.54, 1.807) is 0 Å². The molecule has 0 amide bonds. The van der Waals surface area contributed by atoms with Crippen molar-refractivity contribution in [2.75, 3.05) is 0 Å². The predicted octanol–water partition coefficient (Wildman–Crippen LogP) is 7.90. The van der Waals surface area contributed by atoms with Crippen LogP contribution in [-0.4, -0.2) is 19.2 Å². The largest absolute Gasteiger partial charge is 0.329 e. The first kappa shape index (κ1) is 25.0. The van der Waals surface area contributed by atoms with Gasteiger partial charge in [-0.05, 0) is 75.8 Å². The summed E-state index contributed by atoms with van der Waals surface area (Å²) in [5.41, 5.74) is 11.8. The molecule has 1 atom stereocenters.